The third-order valence-corrected chi connectivity index (χ3v) is 10.8. The second kappa shape index (κ2) is 8.69. The normalized spacial score (nSPS) is 26.8. The third kappa shape index (κ3) is 3.35. The standard InChI is InChI=1S/C38H33N3/c1-23-39-36(28-12-7-11-27(22-28)26-9-3-2-4-10-26)41-37(40-23)32-14-8-16-34-35(32)31-13-5-6-15-33(31)38(34)29-18-24-17-25(20-29)21-30(38)19-24/h2-16,22,24-25,29-30H,17-21H2,1H3. The molecule has 0 unspecified atom stereocenters. The summed E-state index contributed by atoms with van der Waals surface area (Å²) < 4.78 is 0. The summed E-state index contributed by atoms with van der Waals surface area (Å²) in [5, 5.41) is 0. The zero-order chi connectivity index (χ0) is 27.1. The maximum atomic E-state index is 5.16. The van der Waals surface area contributed by atoms with E-state index in [4.69, 9.17) is 15.0 Å². The first-order valence-electron chi connectivity index (χ1n) is 15.3. The molecule has 5 aliphatic rings. The number of hydrogen-bond acceptors (Lipinski definition) is 3. The van der Waals surface area contributed by atoms with Gasteiger partial charge in [0.2, 0.25) is 0 Å². The van der Waals surface area contributed by atoms with Gasteiger partial charge in [-0.05, 0) is 102 Å². The highest BCUT2D eigenvalue weighted by molar-refractivity contribution is 5.92. The summed E-state index contributed by atoms with van der Waals surface area (Å²) in [6.07, 6.45) is 7.01. The van der Waals surface area contributed by atoms with Crippen LogP contribution in [-0.2, 0) is 5.41 Å². The van der Waals surface area contributed by atoms with Crippen LogP contribution >= 0.6 is 0 Å². The van der Waals surface area contributed by atoms with Crippen LogP contribution in [0.5, 0.6) is 0 Å². The van der Waals surface area contributed by atoms with Crippen LogP contribution in [0.2, 0.25) is 0 Å². The minimum Gasteiger partial charge on any atom is -0.213 e. The summed E-state index contributed by atoms with van der Waals surface area (Å²) >= 11 is 0. The van der Waals surface area contributed by atoms with E-state index in [1.54, 1.807) is 5.56 Å². The van der Waals surface area contributed by atoms with E-state index >= 15 is 0 Å². The van der Waals surface area contributed by atoms with Gasteiger partial charge in [0.25, 0.3) is 0 Å². The Bertz CT molecular complexity index is 1790. The van der Waals surface area contributed by atoms with Gasteiger partial charge in [0.15, 0.2) is 11.6 Å². The Kier molecular flexibility index (Phi) is 5.00. The predicted molar refractivity (Wildman–Crippen MR) is 164 cm³/mol. The molecule has 0 atom stereocenters. The van der Waals surface area contributed by atoms with Gasteiger partial charge in [-0.1, -0.05) is 91.0 Å². The lowest BCUT2D eigenvalue weighted by atomic mass is 9.43. The monoisotopic (exact) mass is 531 g/mol. The molecule has 3 nitrogen and oxygen atoms in total. The molecule has 0 N–H and O–H groups in total. The van der Waals surface area contributed by atoms with Gasteiger partial charge in [-0.15, -0.1) is 0 Å². The Hall–Kier alpha value is -4.11. The maximum Gasteiger partial charge on any atom is 0.164 e. The highest BCUT2D eigenvalue weighted by Crippen LogP contribution is 2.69. The first kappa shape index (κ1) is 23.6. The molecular weight excluding hydrogens is 498 g/mol. The zero-order valence-corrected chi connectivity index (χ0v) is 23.4. The molecule has 4 aromatic carbocycles. The summed E-state index contributed by atoms with van der Waals surface area (Å²) in [5.41, 5.74) is 10.5. The molecule has 5 aromatic rings. The molecule has 1 heterocycles. The van der Waals surface area contributed by atoms with Crippen molar-refractivity contribution < 1.29 is 0 Å². The van der Waals surface area contributed by atoms with Gasteiger partial charge in [0.05, 0.1) is 0 Å². The van der Waals surface area contributed by atoms with Crippen LogP contribution in [0, 0.1) is 30.6 Å². The van der Waals surface area contributed by atoms with Crippen LogP contribution < -0.4 is 0 Å². The van der Waals surface area contributed by atoms with Gasteiger partial charge in [0.1, 0.15) is 5.82 Å². The average molecular weight is 532 g/mol. The van der Waals surface area contributed by atoms with Crippen molar-refractivity contribution in [3.8, 4) is 45.0 Å². The van der Waals surface area contributed by atoms with Crippen molar-refractivity contribution >= 4 is 0 Å². The molecule has 1 spiro atoms. The minimum absolute atomic E-state index is 0.143. The van der Waals surface area contributed by atoms with Crippen molar-refractivity contribution in [1.29, 1.82) is 0 Å². The summed E-state index contributed by atoms with van der Waals surface area (Å²) in [7, 11) is 0. The third-order valence-electron chi connectivity index (χ3n) is 10.8. The SMILES string of the molecule is Cc1nc(-c2cccc(-c3ccccc3)c2)nc(-c2cccc3c2-c2ccccc2C32C3CC4CC(C3)CC2C4)n1. The fraction of sp³-hybridized carbons (Fsp3) is 0.289. The lowest BCUT2D eigenvalue weighted by Crippen LogP contribution is -2.55. The molecule has 0 saturated heterocycles. The molecule has 41 heavy (non-hydrogen) atoms. The van der Waals surface area contributed by atoms with Crippen molar-refractivity contribution in [2.75, 3.05) is 0 Å². The number of nitrogens with zero attached hydrogens (tertiary/aromatic N) is 3. The van der Waals surface area contributed by atoms with Crippen molar-refractivity contribution in [1.82, 2.24) is 15.0 Å². The average Bonchev–Trinajstić information content (AvgIpc) is 3.31. The van der Waals surface area contributed by atoms with E-state index in [9.17, 15) is 0 Å². The lowest BCUT2D eigenvalue weighted by Gasteiger charge is -2.61. The number of rotatable bonds is 3. The first-order chi connectivity index (χ1) is 20.2. The Balaban J connectivity index is 1.22. The molecule has 4 bridgehead atoms. The fourth-order valence-electron chi connectivity index (χ4n) is 9.59. The summed E-state index contributed by atoms with van der Waals surface area (Å²) in [4.78, 5) is 14.9. The predicted octanol–water partition coefficient (Wildman–Crippen LogP) is 8.90. The molecule has 10 rings (SSSR count). The summed E-state index contributed by atoms with van der Waals surface area (Å²) in [6, 6.07) is 35.3. The van der Waals surface area contributed by atoms with Gasteiger partial charge in [-0.3, -0.25) is 0 Å². The molecule has 0 amide bonds. The van der Waals surface area contributed by atoms with Crippen LogP contribution in [0.1, 0.15) is 49.1 Å². The summed E-state index contributed by atoms with van der Waals surface area (Å²) in [6.45, 7) is 1.99. The zero-order valence-electron chi connectivity index (χ0n) is 23.4. The Morgan fingerprint density at radius 1 is 0.537 bits per heavy atom. The Labute approximate surface area is 241 Å². The fourth-order valence-corrected chi connectivity index (χ4v) is 9.59. The van der Waals surface area contributed by atoms with Crippen molar-refractivity contribution in [3.05, 3.63) is 114 Å². The van der Waals surface area contributed by atoms with E-state index in [0.717, 1.165) is 52.3 Å². The second-order valence-corrected chi connectivity index (χ2v) is 12.9. The summed E-state index contributed by atoms with van der Waals surface area (Å²) in [5.74, 6) is 5.62. The van der Waals surface area contributed by atoms with Gasteiger partial charge >= 0.3 is 0 Å². The minimum atomic E-state index is 0.143. The van der Waals surface area contributed by atoms with E-state index in [-0.39, 0.29) is 5.41 Å². The Morgan fingerprint density at radius 2 is 1.15 bits per heavy atom. The molecule has 4 saturated carbocycles. The topological polar surface area (TPSA) is 38.7 Å². The van der Waals surface area contributed by atoms with Crippen LogP contribution in [0.4, 0.5) is 0 Å². The van der Waals surface area contributed by atoms with Crippen LogP contribution in [0.15, 0.2) is 97.1 Å². The van der Waals surface area contributed by atoms with E-state index in [0.29, 0.717) is 0 Å². The smallest absolute Gasteiger partial charge is 0.164 e. The molecule has 0 aliphatic heterocycles. The van der Waals surface area contributed by atoms with Gasteiger partial charge in [-0.2, -0.15) is 0 Å². The number of benzene rings is 4. The first-order valence-corrected chi connectivity index (χ1v) is 15.3. The van der Waals surface area contributed by atoms with Crippen molar-refractivity contribution in [2.24, 2.45) is 23.7 Å². The van der Waals surface area contributed by atoms with E-state index in [2.05, 4.69) is 97.1 Å². The molecule has 3 heteroatoms. The molecular formula is C38H33N3. The highest BCUT2D eigenvalue weighted by atomic mass is 15.0. The van der Waals surface area contributed by atoms with Crippen LogP contribution in [0.25, 0.3) is 45.0 Å². The van der Waals surface area contributed by atoms with E-state index in [1.165, 1.54) is 59.9 Å². The van der Waals surface area contributed by atoms with Gasteiger partial charge < -0.3 is 0 Å². The quantitative estimate of drug-likeness (QED) is 0.233. The van der Waals surface area contributed by atoms with Crippen molar-refractivity contribution in [3.63, 3.8) is 0 Å². The number of aromatic nitrogens is 3. The Morgan fingerprint density at radius 3 is 1.95 bits per heavy atom. The molecule has 1 aromatic heterocycles. The molecule has 4 fully saturated rings. The van der Waals surface area contributed by atoms with Crippen LogP contribution in [0.3, 0.4) is 0 Å². The van der Waals surface area contributed by atoms with E-state index in [1.807, 2.05) is 6.92 Å². The molecule has 0 radical (unpaired) electrons. The number of fused-ring (bicyclic) bond motifs is 3. The largest absolute Gasteiger partial charge is 0.213 e. The van der Waals surface area contributed by atoms with Gasteiger partial charge in [0, 0.05) is 16.5 Å². The van der Waals surface area contributed by atoms with Crippen LogP contribution in [-0.4, -0.2) is 15.0 Å². The van der Waals surface area contributed by atoms with Gasteiger partial charge in [-0.25, -0.2) is 15.0 Å². The van der Waals surface area contributed by atoms with E-state index < -0.39 is 0 Å². The lowest BCUT2D eigenvalue weighted by molar-refractivity contribution is -0.0399. The molecule has 200 valence electrons. The highest BCUT2D eigenvalue weighted by Gasteiger charge is 2.61. The number of aryl methyl sites for hydroxylation is 1. The molecule has 5 aliphatic carbocycles. The van der Waals surface area contributed by atoms with Crippen molar-refractivity contribution in [2.45, 2.75) is 44.4 Å². The maximum absolute atomic E-state index is 5.16. The second-order valence-electron chi connectivity index (χ2n) is 12.9. The number of hydrogen-bond donors (Lipinski definition) is 0.